The van der Waals surface area contributed by atoms with Crippen LogP contribution in [0.25, 0.3) is 21.5 Å². The standard InChI is InChI=1S/C61H71NO14/c1-9-57(3,54(69)75-33-44-32-74-44)35-61(7,56(71)73-29-28-63)38-59(5,52(66)67)37-60(6,53(68)72-8)36-58(4,55(70)76-34-48-45-26-18-16-22-41(45)30-42-23-17-19-27-46(42)48)31-47(40-20-12-10-13-21-40)49-39(2)50(64)62(51(49)65)43-24-14-11-15-25-43/h10-27,30,39,44,47,49,63H,9,28-29,31-38H2,1-8H3,(H,66,67). The Kier molecular flexibility index (Phi) is 17.2. The molecule has 0 bridgehead atoms. The molecule has 2 heterocycles. The van der Waals surface area contributed by atoms with E-state index < -0.39 is 119 Å². The van der Waals surface area contributed by atoms with Crippen LogP contribution in [0.2, 0.25) is 0 Å². The number of hydrogen-bond acceptors (Lipinski definition) is 13. The van der Waals surface area contributed by atoms with Gasteiger partial charge in [0.15, 0.2) is 0 Å². The summed E-state index contributed by atoms with van der Waals surface area (Å²) in [4.78, 5) is 103. The third kappa shape index (κ3) is 12.0. The van der Waals surface area contributed by atoms with Gasteiger partial charge in [0.1, 0.15) is 25.9 Å². The van der Waals surface area contributed by atoms with Crippen LogP contribution < -0.4 is 4.90 Å². The molecular weight excluding hydrogens is 971 g/mol. The summed E-state index contributed by atoms with van der Waals surface area (Å²) in [5.41, 5.74) is -6.88. The SMILES string of the molecule is CCC(C)(CC(C)(CC(C)(CC(C)(CC(C)(CC(c1ccccc1)C1C(=O)N(c2ccccc2)C(=O)C1C)C(=O)OCc1c2ccccc2cc2ccccc12)C(=O)OC)C(=O)O)C(=O)OCCO)C(=O)OCC1CO1. The Morgan fingerprint density at radius 1 is 0.658 bits per heavy atom. The molecule has 2 aliphatic heterocycles. The summed E-state index contributed by atoms with van der Waals surface area (Å²) in [7, 11) is 1.16. The maximum atomic E-state index is 15.7. The molecule has 0 spiro atoms. The molecule has 2 fully saturated rings. The third-order valence-electron chi connectivity index (χ3n) is 15.9. The highest BCUT2D eigenvalue weighted by Crippen LogP contribution is 2.54. The van der Waals surface area contributed by atoms with Crippen molar-refractivity contribution in [2.45, 2.75) is 106 Å². The highest BCUT2D eigenvalue weighted by molar-refractivity contribution is 6.22. The van der Waals surface area contributed by atoms with Gasteiger partial charge in [-0.2, -0.15) is 0 Å². The lowest BCUT2D eigenvalue weighted by atomic mass is 9.58. The summed E-state index contributed by atoms with van der Waals surface area (Å²) >= 11 is 0. The number of para-hydroxylation sites is 1. The summed E-state index contributed by atoms with van der Waals surface area (Å²) in [6.07, 6.45) is -1.83. The fraction of sp³-hybridized carbons (Fsp3) is 0.459. The number of carbonyl (C=O) groups excluding carboxylic acids is 6. The largest absolute Gasteiger partial charge is 0.481 e. The van der Waals surface area contributed by atoms with E-state index in [0.29, 0.717) is 17.9 Å². The third-order valence-corrected chi connectivity index (χ3v) is 15.9. The van der Waals surface area contributed by atoms with Gasteiger partial charge in [-0.15, -0.1) is 0 Å². The average Bonchev–Trinajstić information content (AvgIpc) is 4.21. The van der Waals surface area contributed by atoms with E-state index in [1.807, 2.05) is 66.7 Å². The summed E-state index contributed by atoms with van der Waals surface area (Å²) in [5.74, 6) is -8.10. The Hall–Kier alpha value is -6.97. The minimum Gasteiger partial charge on any atom is -0.481 e. The number of methoxy groups -OCH3 is 1. The summed E-state index contributed by atoms with van der Waals surface area (Å²) in [5, 5.41) is 24.7. The normalized spacial score (nSPS) is 20.8. The van der Waals surface area contributed by atoms with E-state index in [0.717, 1.165) is 34.2 Å². The first-order chi connectivity index (χ1) is 36.1. The first-order valence-corrected chi connectivity index (χ1v) is 26.0. The van der Waals surface area contributed by atoms with Crippen LogP contribution in [0.4, 0.5) is 5.69 Å². The van der Waals surface area contributed by atoms with Crippen molar-refractivity contribution in [2.24, 2.45) is 38.9 Å². The second-order valence-corrected chi connectivity index (χ2v) is 22.3. The number of ether oxygens (including phenoxy) is 5. The van der Waals surface area contributed by atoms with E-state index in [1.165, 1.54) is 25.7 Å². The summed E-state index contributed by atoms with van der Waals surface area (Å²) in [6.45, 7) is 10.4. The Morgan fingerprint density at radius 3 is 1.70 bits per heavy atom. The van der Waals surface area contributed by atoms with Gasteiger partial charge in [-0.3, -0.25) is 38.5 Å². The predicted octanol–water partition coefficient (Wildman–Crippen LogP) is 9.77. The summed E-state index contributed by atoms with van der Waals surface area (Å²) in [6, 6.07) is 35.2. The molecule has 15 heteroatoms. The second-order valence-electron chi connectivity index (χ2n) is 22.3. The highest BCUT2D eigenvalue weighted by atomic mass is 16.6. The van der Waals surface area contributed by atoms with Crippen molar-refractivity contribution in [1.29, 1.82) is 0 Å². The second kappa shape index (κ2) is 23.1. The maximum Gasteiger partial charge on any atom is 0.312 e. The summed E-state index contributed by atoms with van der Waals surface area (Å²) < 4.78 is 28.4. The molecule has 2 aliphatic rings. The number of carbonyl (C=O) groups is 7. The number of aliphatic carboxylic acids is 1. The van der Waals surface area contributed by atoms with Crippen LogP contribution in [0.1, 0.15) is 104 Å². The molecule has 2 N–H and O–H groups in total. The van der Waals surface area contributed by atoms with Gasteiger partial charge in [-0.25, -0.2) is 0 Å². The van der Waals surface area contributed by atoms with E-state index in [-0.39, 0.29) is 38.6 Å². The molecule has 9 unspecified atom stereocenters. The smallest absolute Gasteiger partial charge is 0.312 e. The molecule has 404 valence electrons. The number of hydrogen-bond donors (Lipinski definition) is 2. The van der Waals surface area contributed by atoms with Gasteiger partial charge in [-0.1, -0.05) is 111 Å². The van der Waals surface area contributed by atoms with Gasteiger partial charge in [0.25, 0.3) is 0 Å². The number of rotatable bonds is 25. The molecule has 0 aromatic heterocycles. The van der Waals surface area contributed by atoms with Crippen molar-refractivity contribution in [3.8, 4) is 0 Å². The zero-order valence-electron chi connectivity index (χ0n) is 44.8. The van der Waals surface area contributed by atoms with Crippen LogP contribution in [0, 0.1) is 38.9 Å². The number of benzene rings is 5. The van der Waals surface area contributed by atoms with E-state index in [2.05, 4.69) is 6.07 Å². The number of aliphatic hydroxyl groups excluding tert-OH is 1. The number of amides is 2. The molecule has 0 saturated carbocycles. The number of epoxide rings is 1. The lowest BCUT2D eigenvalue weighted by Gasteiger charge is -2.44. The molecule has 0 radical (unpaired) electrons. The molecule has 0 aliphatic carbocycles. The molecule has 5 aromatic rings. The zero-order chi connectivity index (χ0) is 55.2. The van der Waals surface area contributed by atoms with E-state index in [1.54, 1.807) is 70.2 Å². The number of esters is 4. The topological polar surface area (TPSA) is 213 Å². The number of nitrogens with zero attached hydrogens (tertiary/aromatic N) is 1. The zero-order valence-corrected chi connectivity index (χ0v) is 44.8. The van der Waals surface area contributed by atoms with Crippen LogP contribution >= 0.6 is 0 Å². The number of anilines is 1. The molecule has 5 aromatic carbocycles. The minimum atomic E-state index is -1.99. The quantitative estimate of drug-likeness (QED) is 0.0183. The van der Waals surface area contributed by atoms with E-state index in [4.69, 9.17) is 23.7 Å². The van der Waals surface area contributed by atoms with Crippen LogP contribution in [-0.2, 0) is 63.9 Å². The lowest BCUT2D eigenvalue weighted by Crippen LogP contribution is -2.49. The lowest BCUT2D eigenvalue weighted by molar-refractivity contribution is -0.172. The molecule has 9 atom stereocenters. The molecule has 76 heavy (non-hydrogen) atoms. The highest BCUT2D eigenvalue weighted by Gasteiger charge is 2.58. The first-order valence-electron chi connectivity index (χ1n) is 26.0. The molecular formula is C61H71NO14. The van der Waals surface area contributed by atoms with Gasteiger partial charge >= 0.3 is 29.8 Å². The molecule has 2 amide bonds. The van der Waals surface area contributed by atoms with Crippen molar-refractivity contribution < 1.29 is 67.5 Å². The molecule has 15 nitrogen and oxygen atoms in total. The van der Waals surface area contributed by atoms with Gasteiger partial charge in [-0.05, 0) is 124 Å². The fourth-order valence-corrected chi connectivity index (χ4v) is 12.1. The number of fused-ring (bicyclic) bond motifs is 2. The fourth-order valence-electron chi connectivity index (χ4n) is 12.1. The van der Waals surface area contributed by atoms with E-state index >= 15 is 4.79 Å². The van der Waals surface area contributed by atoms with Gasteiger partial charge in [0.05, 0.1) is 59.0 Å². The van der Waals surface area contributed by atoms with Crippen LogP contribution in [0.3, 0.4) is 0 Å². The Balaban J connectivity index is 1.33. The maximum absolute atomic E-state index is 15.7. The Labute approximate surface area is 444 Å². The van der Waals surface area contributed by atoms with Gasteiger partial charge < -0.3 is 33.9 Å². The average molecular weight is 1040 g/mol. The van der Waals surface area contributed by atoms with Crippen LogP contribution in [-0.4, -0.2) is 91.5 Å². The number of imide groups is 1. The Morgan fingerprint density at radius 2 is 1.16 bits per heavy atom. The minimum absolute atomic E-state index is 0.00466. The van der Waals surface area contributed by atoms with Crippen molar-refractivity contribution in [1.82, 2.24) is 0 Å². The predicted molar refractivity (Wildman–Crippen MR) is 284 cm³/mol. The van der Waals surface area contributed by atoms with Gasteiger partial charge in [0, 0.05) is 11.5 Å². The van der Waals surface area contributed by atoms with Gasteiger partial charge in [0.2, 0.25) is 11.8 Å². The van der Waals surface area contributed by atoms with Crippen molar-refractivity contribution in [2.75, 3.05) is 38.4 Å². The number of carboxylic acid groups (broad SMARTS) is 1. The molecule has 2 saturated heterocycles. The van der Waals surface area contributed by atoms with Crippen LogP contribution in [0.5, 0.6) is 0 Å². The molecule has 7 rings (SSSR count). The van der Waals surface area contributed by atoms with E-state index in [9.17, 15) is 39.0 Å². The monoisotopic (exact) mass is 1040 g/mol. The van der Waals surface area contributed by atoms with Crippen molar-refractivity contribution in [3.63, 3.8) is 0 Å². The van der Waals surface area contributed by atoms with Crippen molar-refractivity contribution >= 4 is 68.9 Å². The first kappa shape index (κ1) is 56.8. The van der Waals surface area contributed by atoms with Crippen molar-refractivity contribution in [3.05, 3.63) is 126 Å². The number of aliphatic hydroxyl groups is 1. The van der Waals surface area contributed by atoms with Crippen LogP contribution in [0.15, 0.2) is 115 Å². The Bertz CT molecular complexity index is 2900. The number of carboxylic acids is 1.